The highest BCUT2D eigenvalue weighted by molar-refractivity contribution is 5.87. The van der Waals surface area contributed by atoms with Crippen molar-refractivity contribution in [1.29, 1.82) is 0 Å². The minimum absolute atomic E-state index is 0.120. The molecule has 3 heterocycles. The SMILES string of the molecule is CCc1[nH]c(=O)c(CNC(O)c2cc(-c3ccc(CN4CCOCC4)cc3)cc(N(CC)C3CCOCC3)c2C)c2ccc(F)cc12. The summed E-state index contributed by atoms with van der Waals surface area (Å²) >= 11 is 0. The van der Waals surface area contributed by atoms with E-state index in [1.165, 1.54) is 17.7 Å². The van der Waals surface area contributed by atoms with E-state index in [9.17, 15) is 14.3 Å². The van der Waals surface area contributed by atoms with Gasteiger partial charge in [-0.25, -0.2) is 4.39 Å². The van der Waals surface area contributed by atoms with E-state index in [1.807, 2.05) is 6.92 Å². The number of aryl methyl sites for hydroxylation is 1. The van der Waals surface area contributed by atoms with Gasteiger partial charge in [-0.1, -0.05) is 37.3 Å². The largest absolute Gasteiger partial charge is 0.381 e. The summed E-state index contributed by atoms with van der Waals surface area (Å²) in [5.41, 5.74) is 7.14. The van der Waals surface area contributed by atoms with Gasteiger partial charge in [0.05, 0.1) is 13.2 Å². The fourth-order valence-corrected chi connectivity index (χ4v) is 7.11. The van der Waals surface area contributed by atoms with E-state index in [0.29, 0.717) is 34.5 Å². The summed E-state index contributed by atoms with van der Waals surface area (Å²) in [5.74, 6) is -0.350. The number of H-pyrrole nitrogens is 1. The van der Waals surface area contributed by atoms with Crippen molar-refractivity contribution < 1.29 is 19.0 Å². The Morgan fingerprint density at radius 1 is 0.979 bits per heavy atom. The molecule has 2 saturated heterocycles. The Kier molecular flexibility index (Phi) is 10.7. The van der Waals surface area contributed by atoms with Crippen molar-refractivity contribution in [2.75, 3.05) is 51.0 Å². The van der Waals surface area contributed by atoms with Gasteiger partial charge in [-0.15, -0.1) is 0 Å². The number of hydrogen-bond donors (Lipinski definition) is 3. The van der Waals surface area contributed by atoms with Crippen LogP contribution in [0.15, 0.2) is 59.4 Å². The van der Waals surface area contributed by atoms with E-state index in [0.717, 1.165) is 93.4 Å². The zero-order valence-electron chi connectivity index (χ0n) is 27.8. The maximum atomic E-state index is 14.2. The van der Waals surface area contributed by atoms with E-state index < -0.39 is 6.23 Å². The van der Waals surface area contributed by atoms with Crippen LogP contribution in [0.5, 0.6) is 0 Å². The fourth-order valence-electron chi connectivity index (χ4n) is 7.11. The second-order valence-electron chi connectivity index (χ2n) is 12.7. The van der Waals surface area contributed by atoms with Crippen molar-refractivity contribution in [2.24, 2.45) is 0 Å². The molecule has 0 aliphatic carbocycles. The maximum absolute atomic E-state index is 14.2. The van der Waals surface area contributed by atoms with Gasteiger partial charge in [-0.3, -0.25) is 15.0 Å². The average molecular weight is 643 g/mol. The smallest absolute Gasteiger partial charge is 0.253 e. The van der Waals surface area contributed by atoms with E-state index in [1.54, 1.807) is 6.07 Å². The summed E-state index contributed by atoms with van der Waals surface area (Å²) in [6.45, 7) is 12.9. The number of aliphatic hydroxyl groups excluding tert-OH is 1. The van der Waals surface area contributed by atoms with Gasteiger partial charge in [-0.05, 0) is 85.0 Å². The molecule has 2 aliphatic heterocycles. The van der Waals surface area contributed by atoms with Crippen LogP contribution in [0.3, 0.4) is 0 Å². The van der Waals surface area contributed by atoms with Gasteiger partial charge < -0.3 is 24.5 Å². The molecule has 0 radical (unpaired) electrons. The lowest BCUT2D eigenvalue weighted by atomic mass is 9.94. The van der Waals surface area contributed by atoms with Gasteiger partial charge in [-0.2, -0.15) is 0 Å². The topological polar surface area (TPSA) is 90.1 Å². The molecule has 9 heteroatoms. The third-order valence-electron chi connectivity index (χ3n) is 9.79. The molecular weight excluding hydrogens is 595 g/mol. The molecule has 1 aromatic heterocycles. The molecule has 3 N–H and O–H groups in total. The van der Waals surface area contributed by atoms with Gasteiger partial charge in [0, 0.05) is 79.9 Å². The number of rotatable bonds is 11. The molecule has 0 spiro atoms. The highest BCUT2D eigenvalue weighted by atomic mass is 19.1. The first-order chi connectivity index (χ1) is 22.9. The van der Waals surface area contributed by atoms with Crippen molar-refractivity contribution in [3.05, 3.63) is 98.7 Å². The number of nitrogens with one attached hydrogen (secondary N) is 2. The van der Waals surface area contributed by atoms with Crippen LogP contribution in [0.25, 0.3) is 21.9 Å². The molecular formula is C38H47FN4O4. The molecule has 250 valence electrons. The highest BCUT2D eigenvalue weighted by Gasteiger charge is 2.25. The second kappa shape index (κ2) is 15.1. The van der Waals surface area contributed by atoms with Crippen LogP contribution in [0.2, 0.25) is 0 Å². The van der Waals surface area contributed by atoms with E-state index in [-0.39, 0.29) is 17.9 Å². The van der Waals surface area contributed by atoms with Crippen LogP contribution >= 0.6 is 0 Å². The minimum atomic E-state index is -1.04. The number of aromatic amines is 1. The van der Waals surface area contributed by atoms with E-state index in [2.05, 4.69) is 70.3 Å². The van der Waals surface area contributed by atoms with Crippen molar-refractivity contribution in [1.82, 2.24) is 15.2 Å². The number of anilines is 1. The molecule has 0 bridgehead atoms. The lowest BCUT2D eigenvalue weighted by Crippen LogP contribution is -2.40. The third-order valence-corrected chi connectivity index (χ3v) is 9.79. The van der Waals surface area contributed by atoms with E-state index in [4.69, 9.17) is 9.47 Å². The monoisotopic (exact) mass is 642 g/mol. The van der Waals surface area contributed by atoms with Crippen LogP contribution in [-0.2, 0) is 29.0 Å². The zero-order valence-corrected chi connectivity index (χ0v) is 27.8. The number of morpholine rings is 1. The van der Waals surface area contributed by atoms with Gasteiger partial charge in [0.15, 0.2) is 0 Å². The first-order valence-corrected chi connectivity index (χ1v) is 17.0. The zero-order chi connectivity index (χ0) is 32.9. The van der Waals surface area contributed by atoms with Crippen molar-refractivity contribution in [2.45, 2.75) is 65.4 Å². The Balaban J connectivity index is 1.33. The first-order valence-electron chi connectivity index (χ1n) is 17.0. The number of aliphatic hydroxyl groups is 1. The molecule has 8 nitrogen and oxygen atoms in total. The number of halogens is 1. The number of ether oxygens (including phenoxy) is 2. The first kappa shape index (κ1) is 33.3. The van der Waals surface area contributed by atoms with Crippen molar-refractivity contribution in [3.8, 4) is 11.1 Å². The minimum Gasteiger partial charge on any atom is -0.381 e. The normalized spacial score (nSPS) is 16.9. The quantitative estimate of drug-likeness (QED) is 0.178. The molecule has 1 atom stereocenters. The fraction of sp³-hybridized carbons (Fsp3) is 0.447. The molecule has 2 fully saturated rings. The Labute approximate surface area is 276 Å². The Bertz CT molecular complexity index is 1730. The Hall–Kier alpha value is -3.60. The Morgan fingerprint density at radius 2 is 1.70 bits per heavy atom. The number of fused-ring (bicyclic) bond motifs is 1. The summed E-state index contributed by atoms with van der Waals surface area (Å²) in [7, 11) is 0. The molecule has 47 heavy (non-hydrogen) atoms. The number of benzene rings is 3. The summed E-state index contributed by atoms with van der Waals surface area (Å²) in [5, 5.41) is 16.3. The van der Waals surface area contributed by atoms with Gasteiger partial charge in [0.2, 0.25) is 0 Å². The molecule has 3 aromatic carbocycles. The Morgan fingerprint density at radius 3 is 2.40 bits per heavy atom. The standard InChI is InChI=1S/C38H47FN4O4/c1-4-35-33-22-29(39)10-11-31(33)34(38(45)41-35)23-40-37(44)32-20-28(21-36(25(32)3)43(5-2)30-12-16-46-17-13-30)27-8-6-26(7-9-27)24-42-14-18-47-19-15-42/h6-11,20-22,30,37,40,44H,4-5,12-19,23-24H2,1-3H3,(H,41,45). The van der Waals surface area contributed by atoms with Crippen LogP contribution in [-0.4, -0.2) is 67.1 Å². The van der Waals surface area contributed by atoms with Gasteiger partial charge >= 0.3 is 0 Å². The highest BCUT2D eigenvalue weighted by Crippen LogP contribution is 2.36. The lowest BCUT2D eigenvalue weighted by Gasteiger charge is -2.37. The lowest BCUT2D eigenvalue weighted by molar-refractivity contribution is 0.0342. The van der Waals surface area contributed by atoms with Crippen LogP contribution in [0, 0.1) is 12.7 Å². The summed E-state index contributed by atoms with van der Waals surface area (Å²) in [6.07, 6.45) is 1.45. The van der Waals surface area contributed by atoms with Crippen molar-refractivity contribution in [3.63, 3.8) is 0 Å². The second-order valence-corrected chi connectivity index (χ2v) is 12.7. The predicted octanol–water partition coefficient (Wildman–Crippen LogP) is 5.82. The van der Waals surface area contributed by atoms with Gasteiger partial charge in [0.1, 0.15) is 12.0 Å². The molecule has 1 unspecified atom stereocenters. The van der Waals surface area contributed by atoms with Crippen LogP contribution in [0.1, 0.15) is 60.9 Å². The molecule has 6 rings (SSSR count). The number of pyridine rings is 1. The number of hydrogen-bond acceptors (Lipinski definition) is 7. The van der Waals surface area contributed by atoms with Crippen molar-refractivity contribution >= 4 is 16.5 Å². The molecule has 4 aromatic rings. The summed E-state index contributed by atoms with van der Waals surface area (Å²) < 4.78 is 25.4. The number of nitrogens with zero attached hydrogens (tertiary/aromatic N) is 2. The van der Waals surface area contributed by atoms with E-state index >= 15 is 0 Å². The summed E-state index contributed by atoms with van der Waals surface area (Å²) in [4.78, 5) is 21.0. The van der Waals surface area contributed by atoms with Gasteiger partial charge in [0.25, 0.3) is 5.56 Å². The van der Waals surface area contributed by atoms with Crippen LogP contribution in [0.4, 0.5) is 10.1 Å². The predicted molar refractivity (Wildman–Crippen MR) is 185 cm³/mol. The van der Waals surface area contributed by atoms with Crippen LogP contribution < -0.4 is 15.8 Å². The third kappa shape index (κ3) is 7.45. The maximum Gasteiger partial charge on any atom is 0.253 e. The number of aromatic nitrogens is 1. The average Bonchev–Trinajstić information content (AvgIpc) is 3.10. The summed E-state index contributed by atoms with van der Waals surface area (Å²) in [6, 6.07) is 17.9. The molecule has 2 aliphatic rings. The molecule has 0 amide bonds. The molecule has 0 saturated carbocycles.